The predicted molar refractivity (Wildman–Crippen MR) is 148 cm³/mol. The van der Waals surface area contributed by atoms with Crippen molar-refractivity contribution in [2.24, 2.45) is 0 Å². The van der Waals surface area contributed by atoms with Gasteiger partial charge in [0.15, 0.2) is 35.4 Å². The summed E-state index contributed by atoms with van der Waals surface area (Å²) >= 11 is 0. The van der Waals surface area contributed by atoms with Crippen molar-refractivity contribution in [3.05, 3.63) is 19.0 Å². The van der Waals surface area contributed by atoms with Gasteiger partial charge < -0.3 is 51.4 Å². The van der Waals surface area contributed by atoms with Crippen LogP contribution in [0.4, 0.5) is 22.0 Å². The number of phosphoric acid groups is 1. The molecule has 4 aromatic rings. The van der Waals surface area contributed by atoms with Gasteiger partial charge in [-0.05, 0) is 6.92 Å². The molecule has 22 nitrogen and oxygen atoms in total. The third kappa shape index (κ3) is 6.88. The maximum absolute atomic E-state index is 14.9. The summed E-state index contributed by atoms with van der Waals surface area (Å²) in [6.45, 7) is -2.03. The summed E-state index contributed by atoms with van der Waals surface area (Å²) in [5, 5.41) is 20.5. The van der Waals surface area contributed by atoms with Crippen molar-refractivity contribution >= 4 is 55.8 Å². The minimum atomic E-state index is -5.42. The molecule has 25 heteroatoms. The first-order valence-corrected chi connectivity index (χ1v) is 15.8. The van der Waals surface area contributed by atoms with E-state index in [2.05, 4.69) is 29.9 Å². The Labute approximate surface area is 251 Å². The normalized spacial score (nSPS) is 24.5. The zero-order valence-corrected chi connectivity index (χ0v) is 24.9. The van der Waals surface area contributed by atoms with Crippen LogP contribution in [-0.2, 0) is 32.4 Å². The summed E-state index contributed by atoms with van der Waals surface area (Å²) in [4.78, 5) is 43.7. The van der Waals surface area contributed by atoms with Crippen molar-refractivity contribution in [3.8, 4) is 0 Å². The lowest BCUT2D eigenvalue weighted by atomic mass is 10.1. The largest absolute Gasteiger partial charge is 0.476 e. The third-order valence-electron chi connectivity index (χ3n) is 6.35. The Morgan fingerprint density at radius 3 is 2.53 bits per heavy atom. The van der Waals surface area contributed by atoms with Gasteiger partial charge in [0.25, 0.3) is 6.48 Å². The first kappa shape index (κ1) is 32.9. The number of aliphatic hydroxyl groups is 2. The van der Waals surface area contributed by atoms with Crippen molar-refractivity contribution in [1.82, 2.24) is 39.0 Å². The second kappa shape index (κ2) is 13.1. The lowest BCUT2D eigenvalue weighted by Crippen LogP contribution is -2.36. The zero-order valence-electron chi connectivity index (χ0n) is 23.0. The SMILES string of the molecule is CC(F)[C@@H](OC(OC[PH](=O)O)OP(=O)(O)OC1C(O)[C@@H](CO)O[C@H]1n1cnc2c(N)ncnc21)n1cnc2c(N)nc(N)nc21. The Hall–Kier alpha value is -3.47. The Morgan fingerprint density at radius 2 is 1.84 bits per heavy atom. The van der Waals surface area contributed by atoms with E-state index < -0.39 is 72.2 Å². The Bertz CT molecular complexity index is 1750. The number of aliphatic hydroxyl groups excluding tert-OH is 2. The second-order valence-electron chi connectivity index (χ2n) is 9.45. The molecule has 0 aromatic carbocycles. The van der Waals surface area contributed by atoms with E-state index in [1.165, 1.54) is 10.9 Å². The molecule has 0 spiro atoms. The van der Waals surface area contributed by atoms with Crippen molar-refractivity contribution < 1.29 is 56.8 Å². The first-order chi connectivity index (χ1) is 21.3. The van der Waals surface area contributed by atoms with Crippen LogP contribution in [0.25, 0.3) is 22.3 Å². The summed E-state index contributed by atoms with van der Waals surface area (Å²) in [5.41, 5.74) is 17.4. The molecule has 5 rings (SSSR count). The van der Waals surface area contributed by atoms with Crippen LogP contribution in [0.15, 0.2) is 19.0 Å². The van der Waals surface area contributed by atoms with Crippen LogP contribution in [0.2, 0.25) is 0 Å². The summed E-state index contributed by atoms with van der Waals surface area (Å²) in [7, 11) is -8.79. The summed E-state index contributed by atoms with van der Waals surface area (Å²) in [6.07, 6.45) is -7.47. The fraction of sp³-hybridized carbons (Fsp3) is 0.500. The molecule has 0 saturated carbocycles. The van der Waals surface area contributed by atoms with E-state index in [1.807, 2.05) is 0 Å². The van der Waals surface area contributed by atoms with Gasteiger partial charge in [-0.1, -0.05) is 0 Å². The van der Waals surface area contributed by atoms with Crippen molar-refractivity contribution in [2.45, 2.75) is 50.3 Å². The van der Waals surface area contributed by atoms with Gasteiger partial charge in [-0.2, -0.15) is 9.97 Å². The highest BCUT2D eigenvalue weighted by molar-refractivity contribution is 7.47. The Balaban J connectivity index is 1.42. The number of aromatic nitrogens is 8. The number of nitrogens with two attached hydrogens (primary N) is 3. The van der Waals surface area contributed by atoms with Crippen LogP contribution in [0.1, 0.15) is 19.4 Å². The van der Waals surface area contributed by atoms with Crippen molar-refractivity contribution in [3.63, 3.8) is 0 Å². The van der Waals surface area contributed by atoms with Gasteiger partial charge >= 0.3 is 7.82 Å². The number of alkyl halides is 1. The van der Waals surface area contributed by atoms with E-state index in [0.29, 0.717) is 0 Å². The summed E-state index contributed by atoms with van der Waals surface area (Å²) in [5.74, 6) is -0.411. The topological polar surface area (TPSA) is 326 Å². The van der Waals surface area contributed by atoms with Gasteiger partial charge in [-0.15, -0.1) is 0 Å². The fourth-order valence-corrected chi connectivity index (χ4v) is 5.63. The molecular formula is C20H28FN11O11P2. The third-order valence-corrected chi connectivity index (χ3v) is 7.72. The lowest BCUT2D eigenvalue weighted by molar-refractivity contribution is -0.288. The molecule has 1 saturated heterocycles. The smallest absolute Gasteiger partial charge is 0.394 e. The van der Waals surface area contributed by atoms with Gasteiger partial charge in [0.1, 0.15) is 48.2 Å². The van der Waals surface area contributed by atoms with Gasteiger partial charge in [0.05, 0.1) is 19.3 Å². The molecule has 1 aliphatic heterocycles. The number of hydrogen-bond donors (Lipinski definition) is 7. The Kier molecular flexibility index (Phi) is 9.58. The van der Waals surface area contributed by atoms with Crippen LogP contribution >= 0.6 is 15.9 Å². The van der Waals surface area contributed by atoms with E-state index in [0.717, 1.165) is 24.1 Å². The number of rotatable bonds is 13. The highest BCUT2D eigenvalue weighted by Crippen LogP contribution is 2.51. The molecule has 0 aliphatic carbocycles. The van der Waals surface area contributed by atoms with E-state index >= 15 is 0 Å². The molecule has 9 atom stereocenters. The van der Waals surface area contributed by atoms with Gasteiger partial charge in [0, 0.05) is 0 Å². The molecule has 45 heavy (non-hydrogen) atoms. The number of ether oxygens (including phenoxy) is 3. The quantitative estimate of drug-likeness (QED) is 0.0642. The zero-order chi connectivity index (χ0) is 32.6. The van der Waals surface area contributed by atoms with Crippen molar-refractivity contribution in [2.75, 3.05) is 30.2 Å². The van der Waals surface area contributed by atoms with Crippen LogP contribution in [0.5, 0.6) is 0 Å². The molecule has 246 valence electrons. The fourth-order valence-electron chi connectivity index (χ4n) is 4.44. The van der Waals surface area contributed by atoms with E-state index in [9.17, 15) is 33.5 Å². The van der Waals surface area contributed by atoms with Crippen molar-refractivity contribution in [1.29, 1.82) is 0 Å². The number of imidazole rings is 2. The molecule has 1 aliphatic rings. The molecular weight excluding hydrogens is 651 g/mol. The summed E-state index contributed by atoms with van der Waals surface area (Å²) < 4.78 is 68.3. The lowest BCUT2D eigenvalue weighted by Gasteiger charge is -2.29. The molecule has 5 heterocycles. The van der Waals surface area contributed by atoms with Crippen LogP contribution in [0, 0.1) is 0 Å². The monoisotopic (exact) mass is 679 g/mol. The molecule has 0 amide bonds. The number of hydrogen-bond acceptors (Lipinski definition) is 18. The summed E-state index contributed by atoms with van der Waals surface area (Å²) in [6, 6.07) is 0. The van der Waals surface area contributed by atoms with Gasteiger partial charge in [-0.3, -0.25) is 18.2 Å². The van der Waals surface area contributed by atoms with Gasteiger partial charge in [0.2, 0.25) is 14.0 Å². The van der Waals surface area contributed by atoms with Crippen LogP contribution in [0.3, 0.4) is 0 Å². The molecule has 1 fully saturated rings. The van der Waals surface area contributed by atoms with E-state index in [1.54, 1.807) is 0 Å². The highest BCUT2D eigenvalue weighted by Gasteiger charge is 2.50. The van der Waals surface area contributed by atoms with Gasteiger partial charge in [-0.25, -0.2) is 33.4 Å². The predicted octanol–water partition coefficient (Wildman–Crippen LogP) is -1.24. The molecule has 0 bridgehead atoms. The number of phosphoric ester groups is 1. The minimum absolute atomic E-state index is 0.00379. The Morgan fingerprint density at radius 1 is 1.13 bits per heavy atom. The molecule has 4 aromatic heterocycles. The first-order valence-electron chi connectivity index (χ1n) is 12.7. The average Bonchev–Trinajstić information content (AvgIpc) is 3.66. The molecule has 6 unspecified atom stereocenters. The highest BCUT2D eigenvalue weighted by atomic mass is 31.2. The maximum atomic E-state index is 14.9. The average molecular weight is 679 g/mol. The minimum Gasteiger partial charge on any atom is -0.394 e. The second-order valence-corrected chi connectivity index (χ2v) is 11.9. The van der Waals surface area contributed by atoms with Crippen LogP contribution < -0.4 is 17.2 Å². The number of anilines is 3. The molecule has 0 radical (unpaired) electrons. The maximum Gasteiger partial charge on any atom is 0.476 e. The molecule has 10 N–H and O–H groups in total. The number of halogens is 1. The standard InChI is InChI=1S/C20H28FN11O11P2/c1-7(21)17(32-5-28-10-14(23)29-19(24)30-16(10)32)41-20(39-6-44(35)36)43-45(37,38)42-12-11(34)8(2-33)40-18(12)31-4-27-9-13(22)25-3-26-15(9)31/h3-5,7-8,11-12,17-18,20,33-34,44H,2,6H2,1H3,(H,35,36)(H,37,38)(H2,22,25,26)(H4,23,24,29,30)/t7?,8-,11?,12?,17-,18-,20?/m1/s1. The number of fused-ring (bicyclic) bond motifs is 2. The van der Waals surface area contributed by atoms with E-state index in [-0.39, 0.29) is 39.9 Å². The van der Waals surface area contributed by atoms with E-state index in [4.69, 9.17) is 40.5 Å². The number of nitrogen functional groups attached to an aromatic ring is 3. The number of nitrogens with zero attached hydrogens (tertiary/aromatic N) is 8. The van der Waals surface area contributed by atoms with Crippen LogP contribution in [-0.4, -0.2) is 103 Å².